The van der Waals surface area contributed by atoms with Gasteiger partial charge in [-0.3, -0.25) is 9.36 Å². The van der Waals surface area contributed by atoms with Gasteiger partial charge in [0.25, 0.3) is 5.56 Å². The van der Waals surface area contributed by atoms with Crippen molar-refractivity contribution in [2.24, 2.45) is 5.73 Å². The predicted molar refractivity (Wildman–Crippen MR) is 79.0 cm³/mol. The van der Waals surface area contributed by atoms with E-state index in [1.807, 2.05) is 38.1 Å². The van der Waals surface area contributed by atoms with Crippen molar-refractivity contribution in [3.8, 4) is 17.0 Å². The summed E-state index contributed by atoms with van der Waals surface area (Å²) in [5.41, 5.74) is 7.09. The fourth-order valence-corrected chi connectivity index (χ4v) is 2.16. The molecule has 0 spiro atoms. The van der Waals surface area contributed by atoms with Crippen molar-refractivity contribution in [3.05, 3.63) is 46.5 Å². The zero-order valence-corrected chi connectivity index (χ0v) is 12.0. The lowest BCUT2D eigenvalue weighted by Crippen LogP contribution is -2.30. The van der Waals surface area contributed by atoms with E-state index in [0.717, 1.165) is 11.3 Å². The van der Waals surface area contributed by atoms with Crippen LogP contribution in [0.5, 0.6) is 5.75 Å². The number of hydrogen-bond donors (Lipinski definition) is 1. The summed E-state index contributed by atoms with van der Waals surface area (Å²) < 4.78 is 6.74. The number of hydrogen-bond acceptors (Lipinski definition) is 4. The van der Waals surface area contributed by atoms with E-state index >= 15 is 0 Å². The molecule has 0 aliphatic carbocycles. The highest BCUT2D eigenvalue weighted by molar-refractivity contribution is 5.59. The summed E-state index contributed by atoms with van der Waals surface area (Å²) in [6, 6.07) is 8.95. The molecular weight excluding hydrogens is 254 g/mol. The van der Waals surface area contributed by atoms with Crippen molar-refractivity contribution >= 4 is 0 Å². The minimum absolute atomic E-state index is 0.0556. The predicted octanol–water partition coefficient (Wildman–Crippen LogP) is 1.75. The monoisotopic (exact) mass is 273 g/mol. The highest BCUT2D eigenvalue weighted by Crippen LogP contribution is 2.20. The molecule has 0 saturated carbocycles. The second-order valence-electron chi connectivity index (χ2n) is 4.71. The number of nitrogens with zero attached hydrogens (tertiary/aromatic N) is 2. The van der Waals surface area contributed by atoms with Gasteiger partial charge < -0.3 is 10.5 Å². The van der Waals surface area contributed by atoms with Crippen LogP contribution < -0.4 is 16.0 Å². The Bertz CT molecular complexity index is 647. The van der Waals surface area contributed by atoms with Crippen molar-refractivity contribution in [2.75, 3.05) is 13.7 Å². The van der Waals surface area contributed by atoms with Gasteiger partial charge in [0, 0.05) is 24.2 Å². The first-order chi connectivity index (χ1) is 9.56. The molecule has 1 heterocycles. The summed E-state index contributed by atoms with van der Waals surface area (Å²) in [4.78, 5) is 16.7. The lowest BCUT2D eigenvalue weighted by Gasteiger charge is -2.16. The smallest absolute Gasteiger partial charge is 0.254 e. The van der Waals surface area contributed by atoms with Crippen molar-refractivity contribution in [1.82, 2.24) is 9.55 Å². The highest BCUT2D eigenvalue weighted by Gasteiger charge is 2.11. The number of rotatable bonds is 4. The first-order valence-electron chi connectivity index (χ1n) is 6.51. The molecule has 2 aromatic rings. The van der Waals surface area contributed by atoms with Crippen LogP contribution in [0.3, 0.4) is 0 Å². The molecular formula is C15H19N3O2. The maximum atomic E-state index is 12.2. The van der Waals surface area contributed by atoms with Gasteiger partial charge in [0.2, 0.25) is 0 Å². The molecule has 0 bridgehead atoms. The molecule has 0 aliphatic rings. The van der Waals surface area contributed by atoms with Gasteiger partial charge in [-0.25, -0.2) is 4.98 Å². The molecule has 0 fully saturated rings. The molecule has 2 N–H and O–H groups in total. The number of methoxy groups -OCH3 is 1. The van der Waals surface area contributed by atoms with Crippen molar-refractivity contribution in [1.29, 1.82) is 0 Å². The number of aromatic nitrogens is 2. The van der Waals surface area contributed by atoms with Crippen LogP contribution in [0.4, 0.5) is 0 Å². The number of nitrogens with two attached hydrogens (primary N) is 1. The molecule has 0 amide bonds. The zero-order chi connectivity index (χ0) is 14.7. The summed E-state index contributed by atoms with van der Waals surface area (Å²) >= 11 is 0. The minimum atomic E-state index is -0.0822. The molecule has 5 heteroatoms. The van der Waals surface area contributed by atoms with Crippen LogP contribution in [-0.4, -0.2) is 23.2 Å². The second kappa shape index (κ2) is 5.88. The standard InChI is InChI=1S/C15H19N3O2/c1-10(9-16)18-11(2)17-14(8-15(18)19)12-4-6-13(20-3)7-5-12/h4-8,10H,9,16H2,1-3H3. The van der Waals surface area contributed by atoms with Gasteiger partial charge in [0.15, 0.2) is 0 Å². The van der Waals surface area contributed by atoms with Crippen molar-refractivity contribution in [3.63, 3.8) is 0 Å². The molecule has 0 aliphatic heterocycles. The molecule has 2 rings (SSSR count). The van der Waals surface area contributed by atoms with E-state index in [1.54, 1.807) is 17.7 Å². The number of ether oxygens (including phenoxy) is 1. The highest BCUT2D eigenvalue weighted by atomic mass is 16.5. The Morgan fingerprint density at radius 1 is 1.35 bits per heavy atom. The van der Waals surface area contributed by atoms with Gasteiger partial charge >= 0.3 is 0 Å². The van der Waals surface area contributed by atoms with E-state index in [2.05, 4.69) is 4.98 Å². The van der Waals surface area contributed by atoms with Crippen LogP contribution in [0.2, 0.25) is 0 Å². The van der Waals surface area contributed by atoms with Crippen molar-refractivity contribution < 1.29 is 4.74 Å². The molecule has 5 nitrogen and oxygen atoms in total. The van der Waals surface area contributed by atoms with E-state index in [1.165, 1.54) is 0 Å². The van der Waals surface area contributed by atoms with E-state index in [4.69, 9.17) is 10.5 Å². The quantitative estimate of drug-likeness (QED) is 0.921. The Kier molecular flexibility index (Phi) is 4.20. The largest absolute Gasteiger partial charge is 0.497 e. The van der Waals surface area contributed by atoms with E-state index in [0.29, 0.717) is 18.1 Å². The second-order valence-corrected chi connectivity index (χ2v) is 4.71. The maximum absolute atomic E-state index is 12.2. The Hall–Kier alpha value is -2.14. The van der Waals surface area contributed by atoms with Gasteiger partial charge in [0.05, 0.1) is 12.8 Å². The first-order valence-corrected chi connectivity index (χ1v) is 6.51. The average Bonchev–Trinajstić information content (AvgIpc) is 2.46. The summed E-state index contributed by atoms with van der Waals surface area (Å²) in [5.74, 6) is 1.44. The third-order valence-electron chi connectivity index (χ3n) is 3.30. The van der Waals surface area contributed by atoms with Crippen LogP contribution in [0.25, 0.3) is 11.3 Å². The Morgan fingerprint density at radius 2 is 2.00 bits per heavy atom. The van der Waals surface area contributed by atoms with E-state index in [9.17, 15) is 4.79 Å². The molecule has 1 unspecified atom stereocenters. The van der Waals surface area contributed by atoms with Crippen LogP contribution in [0, 0.1) is 6.92 Å². The zero-order valence-electron chi connectivity index (χ0n) is 12.0. The maximum Gasteiger partial charge on any atom is 0.254 e. The number of aryl methyl sites for hydroxylation is 1. The third kappa shape index (κ3) is 2.72. The van der Waals surface area contributed by atoms with E-state index in [-0.39, 0.29) is 11.6 Å². The lowest BCUT2D eigenvalue weighted by atomic mass is 10.1. The Labute approximate surface area is 118 Å². The average molecular weight is 273 g/mol. The van der Waals surface area contributed by atoms with Gasteiger partial charge in [0.1, 0.15) is 11.6 Å². The summed E-state index contributed by atoms with van der Waals surface area (Å²) in [6.45, 7) is 4.13. The van der Waals surface area contributed by atoms with Gasteiger partial charge in [-0.15, -0.1) is 0 Å². The fraction of sp³-hybridized carbons (Fsp3) is 0.333. The SMILES string of the molecule is COc1ccc(-c2cc(=O)n(C(C)CN)c(C)n2)cc1. The fourth-order valence-electron chi connectivity index (χ4n) is 2.16. The first kappa shape index (κ1) is 14.3. The minimum Gasteiger partial charge on any atom is -0.497 e. The van der Waals surface area contributed by atoms with Crippen LogP contribution >= 0.6 is 0 Å². The molecule has 0 radical (unpaired) electrons. The molecule has 20 heavy (non-hydrogen) atoms. The molecule has 1 atom stereocenters. The van der Waals surface area contributed by atoms with Crippen LogP contribution in [0.15, 0.2) is 35.1 Å². The topological polar surface area (TPSA) is 70.1 Å². The van der Waals surface area contributed by atoms with E-state index < -0.39 is 0 Å². The normalized spacial score (nSPS) is 12.2. The van der Waals surface area contributed by atoms with Crippen LogP contribution in [0.1, 0.15) is 18.8 Å². The number of benzene rings is 1. The Morgan fingerprint density at radius 3 is 2.50 bits per heavy atom. The molecule has 1 aromatic heterocycles. The summed E-state index contributed by atoms with van der Waals surface area (Å²) in [6.07, 6.45) is 0. The molecule has 0 saturated heterocycles. The summed E-state index contributed by atoms with van der Waals surface area (Å²) in [5, 5.41) is 0. The third-order valence-corrected chi connectivity index (χ3v) is 3.30. The molecule has 1 aromatic carbocycles. The van der Waals surface area contributed by atoms with Gasteiger partial charge in [-0.2, -0.15) is 0 Å². The lowest BCUT2D eigenvalue weighted by molar-refractivity contribution is 0.415. The summed E-state index contributed by atoms with van der Waals surface area (Å²) in [7, 11) is 1.62. The Balaban J connectivity index is 2.46. The van der Waals surface area contributed by atoms with Gasteiger partial charge in [-0.1, -0.05) is 0 Å². The van der Waals surface area contributed by atoms with Gasteiger partial charge in [-0.05, 0) is 38.1 Å². The molecule has 106 valence electrons. The van der Waals surface area contributed by atoms with Crippen LogP contribution in [-0.2, 0) is 0 Å². The van der Waals surface area contributed by atoms with Crippen molar-refractivity contribution in [2.45, 2.75) is 19.9 Å².